The summed E-state index contributed by atoms with van der Waals surface area (Å²) in [6.07, 6.45) is 36.4. The fourth-order valence-corrected chi connectivity index (χ4v) is 27.3. The second kappa shape index (κ2) is 34.9. The molecule has 22 rings (SSSR count). The molecule has 7 aliphatic heterocycles. The van der Waals surface area contributed by atoms with Gasteiger partial charge in [-0.05, 0) is 355 Å². The van der Waals surface area contributed by atoms with Gasteiger partial charge in [0.2, 0.25) is 6.71 Å². The molecule has 2 N–H and O–H groups in total. The number of allylic oxidation sites excluding steroid dienone is 19. The highest BCUT2D eigenvalue weighted by atomic mass is 15.4. The van der Waals surface area contributed by atoms with E-state index in [2.05, 4.69) is 474 Å². The third-order valence-electron chi connectivity index (χ3n) is 36.0. The maximum atomic E-state index is 4.73. The number of hydrogen-bond acceptors (Lipinski definition) is 9. The van der Waals surface area contributed by atoms with E-state index in [1.54, 1.807) is 10.9 Å². The molecule has 8 unspecified atom stereocenters. The van der Waals surface area contributed by atoms with E-state index in [0.717, 1.165) is 64.2 Å². The molecule has 0 saturated carbocycles. The van der Waals surface area contributed by atoms with Crippen molar-refractivity contribution in [3.05, 3.63) is 359 Å². The van der Waals surface area contributed by atoms with Gasteiger partial charge in [-0.1, -0.05) is 338 Å². The SMILES string of the molecule is CC1=CC2=C3B(C4=C(CCC(C5NC(c6ccc7c(c6)B6C8=C(CCC(C(C)(C)C)=C8)N(c8ccc(C(C)(C)C)cc8)C8=CC(C)CC(=C68)N7c6ccc(C(C)(C)C)cc6)N(C)C(c6ccc7c(c6)B6c8cc(C(C)(C)C)ccc8N(C8=CCC(C(C)(C)C)C=C8)c8cc(C)cc(c86)N7c6ccc(C(C)(C)C)cc6)N5)=C4)N2C2=CCC(C(C)(C)C)CC2)C2=C(C=CC(C(C)(C)C)C2)N(c2ccc(C(C)(C)C)cc2)C3C1. The van der Waals surface area contributed by atoms with Crippen LogP contribution in [0.15, 0.2) is 314 Å². The van der Waals surface area contributed by atoms with Gasteiger partial charge in [-0.3, -0.25) is 15.5 Å². The predicted octanol–water partition coefficient (Wildman–Crippen LogP) is 31.0. The molecule has 12 heteroatoms. The molecule has 0 radical (unpaired) electrons. The van der Waals surface area contributed by atoms with Crippen molar-refractivity contribution >= 4 is 93.2 Å². The Kier molecular flexibility index (Phi) is 23.8. The van der Waals surface area contributed by atoms with Crippen molar-refractivity contribution in [1.29, 1.82) is 0 Å². The van der Waals surface area contributed by atoms with Crippen molar-refractivity contribution < 1.29 is 0 Å². The van der Waals surface area contributed by atoms with Crippen LogP contribution >= 0.6 is 0 Å². The van der Waals surface area contributed by atoms with Gasteiger partial charge in [0.1, 0.15) is 0 Å². The lowest BCUT2D eigenvalue weighted by Gasteiger charge is -2.54. The van der Waals surface area contributed by atoms with Gasteiger partial charge in [0.25, 0.3) is 13.4 Å². The minimum Gasteiger partial charge on any atom is -0.335 e. The van der Waals surface area contributed by atoms with Gasteiger partial charge < -0.3 is 29.4 Å². The Morgan fingerprint density at radius 3 is 1.42 bits per heavy atom. The Bertz CT molecular complexity index is 7070. The molecule has 9 nitrogen and oxygen atoms in total. The molecule has 1 saturated heterocycles. The Labute approximate surface area is 873 Å². The average molecular weight is 1920 g/mol. The summed E-state index contributed by atoms with van der Waals surface area (Å²) < 4.78 is 0. The van der Waals surface area contributed by atoms with Crippen molar-refractivity contribution in [2.45, 2.75) is 330 Å². The maximum absolute atomic E-state index is 4.73. The van der Waals surface area contributed by atoms with Crippen LogP contribution in [-0.4, -0.2) is 49.2 Å². The van der Waals surface area contributed by atoms with Gasteiger partial charge in [-0.2, -0.15) is 0 Å². The summed E-state index contributed by atoms with van der Waals surface area (Å²) in [6, 6.07) is 67.3. The van der Waals surface area contributed by atoms with E-state index >= 15 is 0 Å². The van der Waals surface area contributed by atoms with E-state index in [1.807, 2.05) is 0 Å². The number of nitrogens with zero attached hydrogens (tertiary/aromatic N) is 7. The summed E-state index contributed by atoms with van der Waals surface area (Å²) in [5.41, 5.74) is 50.5. The highest BCUT2D eigenvalue weighted by Gasteiger charge is 2.56. The lowest BCUT2D eigenvalue weighted by Crippen LogP contribution is -2.63. The first kappa shape index (κ1) is 98.9. The van der Waals surface area contributed by atoms with Crippen LogP contribution < -0.4 is 57.0 Å². The highest BCUT2D eigenvalue weighted by molar-refractivity contribution is 7.00. The lowest BCUT2D eigenvalue weighted by atomic mass is 9.28. The topological polar surface area (TPSA) is 46.7 Å². The van der Waals surface area contributed by atoms with Crippen LogP contribution in [0.2, 0.25) is 0 Å². The van der Waals surface area contributed by atoms with E-state index in [4.69, 9.17) is 10.6 Å². The summed E-state index contributed by atoms with van der Waals surface area (Å²) in [7, 11) is 2.45. The number of aryl methyl sites for hydroxylation is 1. The normalized spacial score (nSPS) is 23.5. The van der Waals surface area contributed by atoms with Crippen LogP contribution in [0.3, 0.4) is 0 Å². The Hall–Kier alpha value is -10.7. The van der Waals surface area contributed by atoms with Gasteiger partial charge in [0.05, 0.1) is 24.5 Å². The summed E-state index contributed by atoms with van der Waals surface area (Å²) in [6.45, 7) is 72.1. The largest absolute Gasteiger partial charge is 0.335 e. The smallest absolute Gasteiger partial charge is 0.252 e. The fourth-order valence-electron chi connectivity index (χ4n) is 27.3. The number of anilines is 9. The molecule has 0 bridgehead atoms. The minimum absolute atomic E-state index is 0.00499. The molecule has 14 aliphatic rings. The van der Waals surface area contributed by atoms with Gasteiger partial charge in [0, 0.05) is 96.8 Å². The van der Waals surface area contributed by atoms with Gasteiger partial charge >= 0.3 is 0 Å². The first-order chi connectivity index (χ1) is 68.2. The molecule has 0 amide bonds. The van der Waals surface area contributed by atoms with Gasteiger partial charge in [-0.15, -0.1) is 0 Å². The van der Waals surface area contributed by atoms with E-state index in [9.17, 15) is 0 Å². The first-order valence-electron chi connectivity index (χ1n) is 55.5. The molecule has 7 aliphatic carbocycles. The van der Waals surface area contributed by atoms with E-state index in [1.165, 1.54) is 203 Å². The Balaban J connectivity index is 0.779. The van der Waals surface area contributed by atoms with E-state index < -0.39 is 0 Å². The van der Waals surface area contributed by atoms with Gasteiger partial charge in [-0.25, -0.2) is 0 Å². The molecule has 8 atom stereocenters. The molecule has 0 spiro atoms. The van der Waals surface area contributed by atoms with Crippen molar-refractivity contribution in [1.82, 2.24) is 20.4 Å². The molecular weight excluding hydrogens is 1760 g/mol. The van der Waals surface area contributed by atoms with Crippen molar-refractivity contribution in [2.75, 3.05) is 31.5 Å². The molecule has 145 heavy (non-hydrogen) atoms. The standard InChI is InChI=1S/C133H162B3N9/c1-80-68-113-119-116(71-80)143(98-56-41-89(42-57-98)128(13,14)15)110-65-47-92(131(22,23)24)77-104(110)134(119)101-74-83(32-62-107(101)140(113)95-50-35-86(36-51-95)125(4,5)6)122-137-123(84-33-63-108-102(75-84)135-105-78-93(132(25,26)27)48-66-111(105)144(99-58-43-90(44-59-99)129(16,17)18)117-72-81(2)69-114(120(117)135)141(108)96-52-37-87(38-53-96)126(7,8)9)139(31)124(138-122)85-34-64-109-103(76-85)136-106-79-94(133(28,29)30)49-67-112(106)145(100-60-45-91(46-61-100)130(19,20)21)118-73-82(3)70-115(121(118)136)142(109)97-54-39-88(40-55-97)127(10,11)12/h33-34,37-45,47,49-50,52-61,63-65,67-68,70,72-76,78-79,81,86,91-92,116,122-124,137-138H,32,35-36,46,48,51,62,66,69,71,77H2,1-31H3. The predicted molar refractivity (Wildman–Crippen MR) is 621 cm³/mol. The van der Waals surface area contributed by atoms with Crippen LogP contribution in [0.1, 0.15) is 328 Å². The zero-order valence-electron chi connectivity index (χ0n) is 93.6. The fraction of sp³-hybridized carbons (Fsp3) is 0.444. The van der Waals surface area contributed by atoms with Gasteiger partial charge in [0.15, 0.2) is 0 Å². The molecule has 8 aromatic rings. The molecule has 8 aromatic carbocycles. The number of hydrogen-bond donors (Lipinski definition) is 2. The molecule has 0 aromatic heterocycles. The van der Waals surface area contributed by atoms with Crippen LogP contribution in [0.25, 0.3) is 0 Å². The average Bonchev–Trinajstić information content (AvgIpc) is 0.699. The summed E-state index contributed by atoms with van der Waals surface area (Å²) in [5.74, 6) is 1.65. The van der Waals surface area contributed by atoms with E-state index in [0.29, 0.717) is 17.8 Å². The summed E-state index contributed by atoms with van der Waals surface area (Å²) in [5, 5.41) is 9.46. The zero-order chi connectivity index (χ0) is 103. The number of benzene rings is 8. The minimum atomic E-state index is -0.296. The van der Waals surface area contributed by atoms with Crippen molar-refractivity contribution in [3.63, 3.8) is 0 Å². The second-order valence-corrected chi connectivity index (χ2v) is 55.4. The molecule has 1 fully saturated rings. The van der Waals surface area contributed by atoms with E-state index in [-0.39, 0.29) is 99.3 Å². The van der Waals surface area contributed by atoms with Crippen molar-refractivity contribution in [2.24, 2.45) is 45.3 Å². The third kappa shape index (κ3) is 17.2. The van der Waals surface area contributed by atoms with Crippen LogP contribution in [0, 0.1) is 52.3 Å². The number of rotatable bonds is 9. The monoisotopic (exact) mass is 1920 g/mol. The van der Waals surface area contributed by atoms with Crippen LogP contribution in [0.5, 0.6) is 0 Å². The molecule has 7 heterocycles. The maximum Gasteiger partial charge on any atom is 0.252 e. The summed E-state index contributed by atoms with van der Waals surface area (Å²) >= 11 is 0. The summed E-state index contributed by atoms with van der Waals surface area (Å²) in [4.78, 5) is 19.3. The lowest BCUT2D eigenvalue weighted by molar-refractivity contribution is 0.0512. The first-order valence-corrected chi connectivity index (χ1v) is 55.5. The third-order valence-corrected chi connectivity index (χ3v) is 36.0. The quantitative estimate of drug-likeness (QED) is 0.138. The highest BCUT2D eigenvalue weighted by Crippen LogP contribution is 2.59. The Morgan fingerprint density at radius 1 is 0.386 bits per heavy atom. The van der Waals surface area contributed by atoms with Crippen LogP contribution in [-0.2, 0) is 27.1 Å². The molecule has 748 valence electrons. The molecular formula is C133H162B3N9. The zero-order valence-corrected chi connectivity index (χ0v) is 93.6. The number of nitrogens with one attached hydrogen (secondary N) is 2. The Morgan fingerprint density at radius 2 is 0.883 bits per heavy atom. The number of fused-ring (bicyclic) bond motifs is 9. The van der Waals surface area contributed by atoms with Crippen LogP contribution in [0.4, 0.5) is 51.2 Å². The second-order valence-electron chi connectivity index (χ2n) is 55.4. The van der Waals surface area contributed by atoms with Crippen molar-refractivity contribution in [3.8, 4) is 0 Å².